The molecule has 1 saturated heterocycles. The summed E-state index contributed by atoms with van der Waals surface area (Å²) in [6.45, 7) is 1.22. The third-order valence-electron chi connectivity index (χ3n) is 6.29. The number of Topliss-reactive ketones (excluding diaryl/α,β-unsaturated/α-hetero) is 1. The van der Waals surface area contributed by atoms with Gasteiger partial charge in [-0.25, -0.2) is 0 Å². The Hall–Kier alpha value is -3.15. The molecule has 1 fully saturated rings. The molecule has 1 heterocycles. The van der Waals surface area contributed by atoms with Gasteiger partial charge in [0.25, 0.3) is 0 Å². The fourth-order valence-electron chi connectivity index (χ4n) is 4.51. The van der Waals surface area contributed by atoms with Crippen LogP contribution in [0.5, 0.6) is 11.5 Å². The molecule has 3 aromatic carbocycles. The lowest BCUT2D eigenvalue weighted by Crippen LogP contribution is -2.35. The van der Waals surface area contributed by atoms with Crippen LogP contribution in [0.4, 0.5) is 0 Å². The lowest BCUT2D eigenvalue weighted by atomic mass is 9.80. The monoisotopic (exact) mass is 445 g/mol. The minimum absolute atomic E-state index is 0.0540. The Morgan fingerprint density at radius 3 is 1.88 bits per heavy atom. The summed E-state index contributed by atoms with van der Waals surface area (Å²) in [6.07, 6.45) is 2.31. The number of hydrogen-bond acceptors (Lipinski definition) is 5. The summed E-state index contributed by atoms with van der Waals surface area (Å²) < 4.78 is 17.5. The fourth-order valence-corrected chi connectivity index (χ4v) is 4.51. The van der Waals surface area contributed by atoms with Crippen molar-refractivity contribution in [2.45, 2.75) is 30.9 Å². The Morgan fingerprint density at radius 2 is 1.39 bits per heavy atom. The lowest BCUT2D eigenvalue weighted by Gasteiger charge is -2.36. The standard InChI is InChI=1S/C28H31NO4/c1-31-24-14-10-22(11-15-24)28(21-7-4-3-5-8-21,23-12-16-25(32-2)17-13-23)33-20-18-27(30)26-9-6-19-29-26/h3-5,7-8,10-17,26,29H,6,9,18-20H2,1-2H3/t26-/m0/s1. The molecule has 172 valence electrons. The number of ketones is 1. The number of methoxy groups -OCH3 is 2. The van der Waals surface area contributed by atoms with Gasteiger partial charge in [-0.2, -0.15) is 0 Å². The predicted octanol–water partition coefficient (Wildman–Crippen LogP) is 4.72. The summed E-state index contributed by atoms with van der Waals surface area (Å²) in [6, 6.07) is 25.9. The Bertz CT molecular complexity index is 978. The average molecular weight is 446 g/mol. The van der Waals surface area contributed by atoms with Crippen LogP contribution in [0.2, 0.25) is 0 Å². The van der Waals surface area contributed by atoms with Gasteiger partial charge in [-0.15, -0.1) is 0 Å². The van der Waals surface area contributed by atoms with Gasteiger partial charge in [-0.3, -0.25) is 4.79 Å². The zero-order chi connectivity index (χ0) is 23.1. The molecule has 0 bridgehead atoms. The Labute approximate surface area is 195 Å². The lowest BCUT2D eigenvalue weighted by molar-refractivity contribution is -0.122. The van der Waals surface area contributed by atoms with Crippen molar-refractivity contribution in [2.75, 3.05) is 27.4 Å². The summed E-state index contributed by atoms with van der Waals surface area (Å²) >= 11 is 0. The van der Waals surface area contributed by atoms with E-state index < -0.39 is 5.60 Å². The molecule has 1 N–H and O–H groups in total. The first kappa shape index (κ1) is 23.0. The zero-order valence-corrected chi connectivity index (χ0v) is 19.3. The molecule has 3 aromatic rings. The van der Waals surface area contributed by atoms with Gasteiger partial charge in [0.05, 0.1) is 26.9 Å². The highest BCUT2D eigenvalue weighted by molar-refractivity contribution is 5.84. The maximum absolute atomic E-state index is 12.7. The largest absolute Gasteiger partial charge is 0.497 e. The second kappa shape index (κ2) is 10.6. The van der Waals surface area contributed by atoms with Gasteiger partial charge in [0.2, 0.25) is 0 Å². The van der Waals surface area contributed by atoms with Crippen molar-refractivity contribution < 1.29 is 19.0 Å². The van der Waals surface area contributed by atoms with Crippen molar-refractivity contribution in [1.29, 1.82) is 0 Å². The van der Waals surface area contributed by atoms with E-state index in [0.717, 1.165) is 47.6 Å². The summed E-state index contributed by atoms with van der Waals surface area (Å²) in [5, 5.41) is 3.29. The van der Waals surface area contributed by atoms with Crippen LogP contribution in [-0.2, 0) is 15.1 Å². The topological polar surface area (TPSA) is 56.8 Å². The molecule has 0 unspecified atom stereocenters. The van der Waals surface area contributed by atoms with Crippen molar-refractivity contribution in [3.05, 3.63) is 95.6 Å². The quantitative estimate of drug-likeness (QED) is 0.458. The summed E-state index contributed by atoms with van der Waals surface area (Å²) in [5.74, 6) is 1.76. The van der Waals surface area contributed by atoms with Crippen LogP contribution in [0, 0.1) is 0 Å². The highest BCUT2D eigenvalue weighted by Gasteiger charge is 2.38. The van der Waals surface area contributed by atoms with Crippen molar-refractivity contribution >= 4 is 5.78 Å². The molecule has 0 amide bonds. The molecule has 0 aliphatic carbocycles. The van der Waals surface area contributed by atoms with E-state index in [0.29, 0.717) is 13.0 Å². The van der Waals surface area contributed by atoms with Crippen molar-refractivity contribution in [1.82, 2.24) is 5.32 Å². The molecule has 0 aromatic heterocycles. The first-order valence-electron chi connectivity index (χ1n) is 11.4. The highest BCUT2D eigenvalue weighted by Crippen LogP contribution is 2.41. The fraction of sp³-hybridized carbons (Fsp3) is 0.321. The smallest absolute Gasteiger partial charge is 0.152 e. The second-order valence-corrected chi connectivity index (χ2v) is 8.22. The number of ether oxygens (including phenoxy) is 3. The molecule has 5 nitrogen and oxygen atoms in total. The minimum Gasteiger partial charge on any atom is -0.497 e. The third-order valence-corrected chi connectivity index (χ3v) is 6.29. The molecule has 1 aliphatic heterocycles. The van der Waals surface area contributed by atoms with Crippen LogP contribution in [0.25, 0.3) is 0 Å². The maximum atomic E-state index is 12.7. The summed E-state index contributed by atoms with van der Waals surface area (Å²) in [4.78, 5) is 12.7. The molecule has 33 heavy (non-hydrogen) atoms. The zero-order valence-electron chi connectivity index (χ0n) is 19.3. The van der Waals surface area contributed by atoms with E-state index in [1.54, 1.807) is 14.2 Å². The van der Waals surface area contributed by atoms with Gasteiger partial charge in [0, 0.05) is 6.42 Å². The van der Waals surface area contributed by atoms with E-state index in [2.05, 4.69) is 17.4 Å². The van der Waals surface area contributed by atoms with E-state index in [-0.39, 0.29) is 11.8 Å². The van der Waals surface area contributed by atoms with Gasteiger partial charge < -0.3 is 19.5 Å². The maximum Gasteiger partial charge on any atom is 0.152 e. The number of hydrogen-bond donors (Lipinski definition) is 1. The van der Waals surface area contributed by atoms with Gasteiger partial charge in [-0.05, 0) is 60.3 Å². The van der Waals surface area contributed by atoms with Gasteiger partial charge in [-0.1, -0.05) is 54.6 Å². The Kier molecular flexibility index (Phi) is 7.43. The van der Waals surface area contributed by atoms with Crippen LogP contribution >= 0.6 is 0 Å². The van der Waals surface area contributed by atoms with Crippen molar-refractivity contribution in [3.8, 4) is 11.5 Å². The van der Waals surface area contributed by atoms with E-state index >= 15 is 0 Å². The number of nitrogens with one attached hydrogen (secondary N) is 1. The predicted molar refractivity (Wildman–Crippen MR) is 129 cm³/mol. The van der Waals surface area contributed by atoms with E-state index in [1.165, 1.54) is 0 Å². The van der Waals surface area contributed by atoms with E-state index in [1.807, 2.05) is 66.7 Å². The van der Waals surface area contributed by atoms with Crippen molar-refractivity contribution in [2.24, 2.45) is 0 Å². The normalized spacial score (nSPS) is 15.9. The van der Waals surface area contributed by atoms with Gasteiger partial charge in [0.1, 0.15) is 17.1 Å². The number of rotatable bonds is 10. The minimum atomic E-state index is -0.886. The summed E-state index contributed by atoms with van der Waals surface area (Å²) in [7, 11) is 3.31. The molecule has 4 rings (SSSR count). The summed E-state index contributed by atoms with van der Waals surface area (Å²) in [5.41, 5.74) is 2.03. The first-order chi connectivity index (χ1) is 16.2. The Morgan fingerprint density at radius 1 is 0.848 bits per heavy atom. The Balaban J connectivity index is 1.75. The third kappa shape index (κ3) is 4.95. The van der Waals surface area contributed by atoms with Gasteiger partial charge in [0.15, 0.2) is 5.78 Å². The number of carbonyl (C=O) groups is 1. The molecule has 0 spiro atoms. The second-order valence-electron chi connectivity index (χ2n) is 8.22. The molecule has 1 atom stereocenters. The van der Waals surface area contributed by atoms with Crippen LogP contribution < -0.4 is 14.8 Å². The van der Waals surface area contributed by atoms with Crippen LogP contribution in [-0.4, -0.2) is 39.2 Å². The first-order valence-corrected chi connectivity index (χ1v) is 11.4. The number of carbonyl (C=O) groups excluding carboxylic acids is 1. The average Bonchev–Trinajstić information content (AvgIpc) is 3.43. The van der Waals surface area contributed by atoms with Crippen LogP contribution in [0.3, 0.4) is 0 Å². The molecule has 5 heteroatoms. The van der Waals surface area contributed by atoms with Crippen LogP contribution in [0.1, 0.15) is 36.0 Å². The van der Waals surface area contributed by atoms with E-state index in [9.17, 15) is 4.79 Å². The van der Waals surface area contributed by atoms with Gasteiger partial charge >= 0.3 is 0 Å². The molecule has 0 radical (unpaired) electrons. The molecule has 0 saturated carbocycles. The molecular weight excluding hydrogens is 414 g/mol. The number of benzene rings is 3. The molecular formula is C28H31NO4. The highest BCUT2D eigenvalue weighted by atomic mass is 16.5. The van der Waals surface area contributed by atoms with Crippen molar-refractivity contribution in [3.63, 3.8) is 0 Å². The van der Waals surface area contributed by atoms with Crippen LogP contribution in [0.15, 0.2) is 78.9 Å². The molecule has 1 aliphatic rings. The van der Waals surface area contributed by atoms with E-state index in [4.69, 9.17) is 14.2 Å². The SMILES string of the molecule is COc1ccc(C(OCCC(=O)[C@@H]2CCCN2)(c2ccccc2)c2ccc(OC)cc2)cc1.